The lowest BCUT2D eigenvalue weighted by molar-refractivity contribution is -0.143. The van der Waals surface area contributed by atoms with Crippen molar-refractivity contribution in [1.29, 1.82) is 0 Å². The summed E-state index contributed by atoms with van der Waals surface area (Å²) in [4.78, 5) is 22.8. The molecule has 2 aromatic carbocycles. The second-order valence-corrected chi connectivity index (χ2v) is 7.51. The number of rotatable bonds is 14. The Morgan fingerprint density at radius 1 is 0.645 bits per heavy atom. The Balaban J connectivity index is 1.65. The number of carbonyl (C=O) groups excluding carboxylic acids is 2. The minimum Gasteiger partial charge on any atom is -0.494 e. The number of esters is 2. The molecule has 0 unspecified atom stereocenters. The summed E-state index contributed by atoms with van der Waals surface area (Å²) in [6, 6.07) is 15.5. The van der Waals surface area contributed by atoms with Gasteiger partial charge in [-0.25, -0.2) is 0 Å². The second kappa shape index (κ2) is 14.2. The van der Waals surface area contributed by atoms with E-state index in [0.717, 1.165) is 55.4 Å². The minimum atomic E-state index is -0.202. The normalized spacial score (nSPS) is 10.5. The zero-order valence-corrected chi connectivity index (χ0v) is 18.7. The first-order chi connectivity index (χ1) is 15.1. The molecular formula is C26H34O5. The van der Waals surface area contributed by atoms with Crippen LogP contribution in [-0.4, -0.2) is 25.2 Å². The average Bonchev–Trinajstić information content (AvgIpc) is 2.77. The Morgan fingerprint density at radius 2 is 1.16 bits per heavy atom. The molecule has 0 radical (unpaired) electrons. The molecule has 2 aromatic rings. The number of benzene rings is 2. The highest BCUT2D eigenvalue weighted by Gasteiger charge is 2.05. The van der Waals surface area contributed by atoms with Gasteiger partial charge in [0.05, 0.1) is 13.2 Å². The van der Waals surface area contributed by atoms with Gasteiger partial charge in [0, 0.05) is 12.8 Å². The molecule has 168 valence electrons. The molecule has 5 nitrogen and oxygen atoms in total. The fourth-order valence-corrected chi connectivity index (χ4v) is 3.06. The molecule has 31 heavy (non-hydrogen) atoms. The van der Waals surface area contributed by atoms with Crippen LogP contribution in [0.2, 0.25) is 0 Å². The van der Waals surface area contributed by atoms with Gasteiger partial charge in [-0.15, -0.1) is 0 Å². The molecule has 5 heteroatoms. The van der Waals surface area contributed by atoms with E-state index < -0.39 is 0 Å². The van der Waals surface area contributed by atoms with Crippen LogP contribution in [0.3, 0.4) is 0 Å². The van der Waals surface area contributed by atoms with E-state index >= 15 is 0 Å². The third-order valence-corrected chi connectivity index (χ3v) is 4.75. The number of unbranched alkanes of at least 4 members (excludes halogenated alkanes) is 3. The fourth-order valence-electron chi connectivity index (χ4n) is 3.06. The molecule has 0 N–H and O–H groups in total. The van der Waals surface area contributed by atoms with Crippen molar-refractivity contribution < 1.29 is 23.8 Å². The van der Waals surface area contributed by atoms with Gasteiger partial charge >= 0.3 is 11.9 Å². The van der Waals surface area contributed by atoms with Gasteiger partial charge in [0.2, 0.25) is 0 Å². The first kappa shape index (κ1) is 24.4. The summed E-state index contributed by atoms with van der Waals surface area (Å²) in [7, 11) is 0. The van der Waals surface area contributed by atoms with Gasteiger partial charge in [-0.2, -0.15) is 0 Å². The van der Waals surface area contributed by atoms with Gasteiger partial charge in [0.1, 0.15) is 11.5 Å². The zero-order chi connectivity index (χ0) is 22.3. The average molecular weight is 427 g/mol. The van der Waals surface area contributed by atoms with Crippen LogP contribution in [-0.2, 0) is 14.3 Å². The van der Waals surface area contributed by atoms with E-state index in [0.29, 0.717) is 31.8 Å². The van der Waals surface area contributed by atoms with Crippen molar-refractivity contribution in [3.8, 4) is 22.6 Å². The van der Waals surface area contributed by atoms with Gasteiger partial charge in [0.15, 0.2) is 0 Å². The molecule has 0 spiro atoms. The molecule has 0 saturated carbocycles. The molecule has 0 atom stereocenters. The molecule has 2 rings (SSSR count). The van der Waals surface area contributed by atoms with E-state index in [2.05, 4.69) is 0 Å². The van der Waals surface area contributed by atoms with Crippen molar-refractivity contribution in [2.24, 2.45) is 0 Å². The summed E-state index contributed by atoms with van der Waals surface area (Å²) < 4.78 is 16.3. The summed E-state index contributed by atoms with van der Waals surface area (Å²) in [5.41, 5.74) is 2.14. The van der Waals surface area contributed by atoms with E-state index in [1.807, 2.05) is 62.4 Å². The number of carbonyl (C=O) groups is 2. The SMILES string of the molecule is CCCC(=O)OCCCCCCOc1ccc(-c2ccc(OC(=O)CCC)cc2)cc1. The molecular weight excluding hydrogens is 392 g/mol. The number of hydrogen-bond acceptors (Lipinski definition) is 5. The minimum absolute atomic E-state index is 0.0966. The molecule has 0 bridgehead atoms. The van der Waals surface area contributed by atoms with Gasteiger partial charge in [-0.3, -0.25) is 9.59 Å². The predicted molar refractivity (Wildman–Crippen MR) is 122 cm³/mol. The predicted octanol–water partition coefficient (Wildman–Crippen LogP) is 6.34. The number of ether oxygens (including phenoxy) is 3. The van der Waals surface area contributed by atoms with E-state index in [1.54, 1.807) is 0 Å². The zero-order valence-electron chi connectivity index (χ0n) is 18.7. The highest BCUT2D eigenvalue weighted by molar-refractivity contribution is 5.73. The van der Waals surface area contributed by atoms with E-state index in [9.17, 15) is 9.59 Å². The third kappa shape index (κ3) is 9.69. The summed E-state index contributed by atoms with van der Waals surface area (Å²) in [6.45, 7) is 5.12. The van der Waals surface area contributed by atoms with E-state index in [4.69, 9.17) is 14.2 Å². The van der Waals surface area contributed by atoms with Crippen LogP contribution in [0.15, 0.2) is 48.5 Å². The molecule has 0 aromatic heterocycles. The van der Waals surface area contributed by atoms with E-state index in [1.165, 1.54) is 0 Å². The van der Waals surface area contributed by atoms with Crippen LogP contribution in [0.1, 0.15) is 65.2 Å². The first-order valence-electron chi connectivity index (χ1n) is 11.3. The molecule has 0 amide bonds. The van der Waals surface area contributed by atoms with Crippen LogP contribution < -0.4 is 9.47 Å². The summed E-state index contributed by atoms with van der Waals surface area (Å²) in [6.07, 6.45) is 6.51. The Labute approximate surface area is 185 Å². The van der Waals surface area contributed by atoms with Crippen LogP contribution in [0, 0.1) is 0 Å². The molecule has 0 saturated heterocycles. The molecule has 0 aliphatic carbocycles. The van der Waals surface area contributed by atoms with Crippen molar-refractivity contribution >= 4 is 11.9 Å². The standard InChI is InChI=1S/C26H34O5/c1-3-9-25(27)30-20-8-6-5-7-19-29-23-15-11-21(12-16-23)22-13-17-24(18-14-22)31-26(28)10-4-2/h11-18H,3-10,19-20H2,1-2H3. The lowest BCUT2D eigenvalue weighted by Crippen LogP contribution is -2.06. The molecule has 0 aliphatic heterocycles. The van der Waals surface area contributed by atoms with Crippen LogP contribution in [0.5, 0.6) is 11.5 Å². The summed E-state index contributed by atoms with van der Waals surface area (Å²) in [5, 5.41) is 0. The second-order valence-electron chi connectivity index (χ2n) is 7.51. The monoisotopic (exact) mass is 426 g/mol. The number of hydrogen-bond donors (Lipinski definition) is 0. The molecule has 0 fully saturated rings. The first-order valence-corrected chi connectivity index (χ1v) is 11.3. The Hall–Kier alpha value is -2.82. The van der Waals surface area contributed by atoms with Gasteiger partial charge in [-0.1, -0.05) is 38.1 Å². The largest absolute Gasteiger partial charge is 0.494 e. The van der Waals surface area contributed by atoms with Crippen molar-refractivity contribution in [3.63, 3.8) is 0 Å². The smallest absolute Gasteiger partial charge is 0.311 e. The fraction of sp³-hybridized carbons (Fsp3) is 0.462. The van der Waals surface area contributed by atoms with Crippen LogP contribution in [0.4, 0.5) is 0 Å². The maximum Gasteiger partial charge on any atom is 0.311 e. The van der Waals surface area contributed by atoms with Crippen LogP contribution >= 0.6 is 0 Å². The third-order valence-electron chi connectivity index (χ3n) is 4.75. The topological polar surface area (TPSA) is 61.8 Å². The Kier molecular flexibility index (Phi) is 11.2. The Morgan fingerprint density at radius 3 is 1.74 bits per heavy atom. The maximum absolute atomic E-state index is 11.6. The van der Waals surface area contributed by atoms with Crippen molar-refractivity contribution in [3.05, 3.63) is 48.5 Å². The van der Waals surface area contributed by atoms with Crippen LogP contribution in [0.25, 0.3) is 11.1 Å². The summed E-state index contributed by atoms with van der Waals surface area (Å²) in [5.74, 6) is 1.12. The van der Waals surface area contributed by atoms with E-state index in [-0.39, 0.29) is 11.9 Å². The quantitative estimate of drug-likeness (QED) is 0.200. The van der Waals surface area contributed by atoms with Crippen molar-refractivity contribution in [1.82, 2.24) is 0 Å². The summed E-state index contributed by atoms with van der Waals surface area (Å²) >= 11 is 0. The molecule has 0 aliphatic rings. The Bertz CT molecular complexity index is 780. The van der Waals surface area contributed by atoms with Crippen molar-refractivity contribution in [2.45, 2.75) is 65.2 Å². The highest BCUT2D eigenvalue weighted by atomic mass is 16.5. The lowest BCUT2D eigenvalue weighted by Gasteiger charge is -2.09. The van der Waals surface area contributed by atoms with Gasteiger partial charge in [0.25, 0.3) is 0 Å². The van der Waals surface area contributed by atoms with Gasteiger partial charge < -0.3 is 14.2 Å². The lowest BCUT2D eigenvalue weighted by atomic mass is 10.1. The highest BCUT2D eigenvalue weighted by Crippen LogP contribution is 2.25. The van der Waals surface area contributed by atoms with Gasteiger partial charge in [-0.05, 0) is 73.9 Å². The maximum atomic E-state index is 11.6. The molecule has 0 heterocycles. The van der Waals surface area contributed by atoms with Crippen molar-refractivity contribution in [2.75, 3.05) is 13.2 Å².